The summed E-state index contributed by atoms with van der Waals surface area (Å²) in [5.41, 5.74) is -0.0560. The van der Waals surface area contributed by atoms with Crippen LogP contribution in [0, 0.1) is 5.82 Å². The van der Waals surface area contributed by atoms with Crippen LogP contribution in [0.15, 0.2) is 35.3 Å². The lowest BCUT2D eigenvalue weighted by Crippen LogP contribution is -2.13. The maximum absolute atomic E-state index is 13.6. The fraction of sp³-hybridized carbons (Fsp3) is 0.167. The third-order valence-electron chi connectivity index (χ3n) is 2.34. The minimum Gasteiger partial charge on any atom is -0.337 e. The van der Waals surface area contributed by atoms with Crippen molar-refractivity contribution in [3.63, 3.8) is 0 Å². The lowest BCUT2D eigenvalue weighted by atomic mass is 10.2. The van der Waals surface area contributed by atoms with E-state index in [0.717, 1.165) is 0 Å². The topological polar surface area (TPSA) is 39.1 Å². The van der Waals surface area contributed by atoms with E-state index < -0.39 is 5.82 Å². The van der Waals surface area contributed by atoms with Gasteiger partial charge in [0.15, 0.2) is 5.43 Å². The summed E-state index contributed by atoms with van der Waals surface area (Å²) in [7, 11) is 0. The molecule has 1 aromatic carbocycles. The highest BCUT2D eigenvalue weighted by atomic mass is 19.1. The van der Waals surface area contributed by atoms with E-state index in [1.807, 2.05) is 0 Å². The molecule has 0 fully saturated rings. The van der Waals surface area contributed by atoms with Gasteiger partial charge in [-0.05, 0) is 19.1 Å². The van der Waals surface area contributed by atoms with Gasteiger partial charge in [0.1, 0.15) is 11.6 Å². The summed E-state index contributed by atoms with van der Waals surface area (Å²) in [6, 6.07) is 5.65. The number of para-hydroxylation sites is 1. The van der Waals surface area contributed by atoms with Gasteiger partial charge in [-0.2, -0.15) is 0 Å². The molecule has 0 spiro atoms. The van der Waals surface area contributed by atoms with Crippen molar-refractivity contribution in [3.05, 3.63) is 46.5 Å². The number of nitrogens with zero attached hydrogens (tertiary/aromatic N) is 1. The molecule has 3 nitrogen and oxygen atoms in total. The second-order valence-corrected chi connectivity index (χ2v) is 3.65. The number of fused-ring (bicyclic) bond motifs is 1. The molecule has 0 N–H and O–H groups in total. The van der Waals surface area contributed by atoms with E-state index in [9.17, 15) is 14.0 Å². The molecule has 0 aliphatic rings. The zero-order chi connectivity index (χ0) is 11.7. The Hall–Kier alpha value is -1.97. The zero-order valence-electron chi connectivity index (χ0n) is 8.74. The van der Waals surface area contributed by atoms with Gasteiger partial charge in [0.05, 0.1) is 12.1 Å². The smallest absolute Gasteiger partial charge is 0.189 e. The first-order valence-corrected chi connectivity index (χ1v) is 4.86. The summed E-state index contributed by atoms with van der Waals surface area (Å²) >= 11 is 0. The number of ketones is 1. The molecule has 1 heterocycles. The number of carbonyl (C=O) groups is 1. The number of hydrogen-bond donors (Lipinski definition) is 0. The van der Waals surface area contributed by atoms with E-state index in [1.54, 1.807) is 6.07 Å². The molecule has 0 saturated heterocycles. The van der Waals surface area contributed by atoms with Gasteiger partial charge in [0.2, 0.25) is 0 Å². The van der Waals surface area contributed by atoms with Gasteiger partial charge in [-0.1, -0.05) is 6.07 Å². The molecule has 0 unspecified atom stereocenters. The maximum atomic E-state index is 13.6. The summed E-state index contributed by atoms with van der Waals surface area (Å²) in [5, 5.41) is 0.295. The molecular weight excluding hydrogens is 209 g/mol. The standard InChI is InChI=1S/C12H10FNO2/c1-8(15)7-14-6-5-11(16)9-3-2-4-10(13)12(9)14/h2-6H,7H2,1H3. The average Bonchev–Trinajstić information content (AvgIpc) is 2.22. The molecule has 0 bridgehead atoms. The van der Waals surface area contributed by atoms with Gasteiger partial charge >= 0.3 is 0 Å². The Kier molecular flexibility index (Phi) is 2.56. The van der Waals surface area contributed by atoms with Gasteiger partial charge in [-0.15, -0.1) is 0 Å². The number of Topliss-reactive ketones (excluding diaryl/α,β-unsaturated/α-hetero) is 1. The lowest BCUT2D eigenvalue weighted by Gasteiger charge is -2.08. The van der Waals surface area contributed by atoms with E-state index >= 15 is 0 Å². The van der Waals surface area contributed by atoms with E-state index in [4.69, 9.17) is 0 Å². The molecule has 0 atom stereocenters. The molecule has 0 saturated carbocycles. The molecular formula is C12H10FNO2. The van der Waals surface area contributed by atoms with Gasteiger partial charge in [-0.3, -0.25) is 9.59 Å². The van der Waals surface area contributed by atoms with Crippen LogP contribution >= 0.6 is 0 Å². The number of halogens is 1. The highest BCUT2D eigenvalue weighted by Gasteiger charge is 2.08. The average molecular weight is 219 g/mol. The predicted octanol–water partition coefficient (Wildman–Crippen LogP) is 1.73. The molecule has 0 radical (unpaired) electrons. The van der Waals surface area contributed by atoms with E-state index in [1.165, 1.54) is 35.9 Å². The van der Waals surface area contributed by atoms with Crippen LogP contribution in [0.5, 0.6) is 0 Å². The van der Waals surface area contributed by atoms with Crippen LogP contribution in [0.2, 0.25) is 0 Å². The number of carbonyl (C=O) groups excluding carboxylic acids is 1. The van der Waals surface area contributed by atoms with E-state index in [0.29, 0.717) is 5.39 Å². The van der Waals surface area contributed by atoms with E-state index in [-0.39, 0.29) is 23.3 Å². The third-order valence-corrected chi connectivity index (χ3v) is 2.34. The normalized spacial score (nSPS) is 10.6. The Morgan fingerprint density at radius 1 is 1.38 bits per heavy atom. The molecule has 82 valence electrons. The van der Waals surface area contributed by atoms with Crippen LogP contribution in [-0.2, 0) is 11.3 Å². The summed E-state index contributed by atoms with van der Waals surface area (Å²) in [4.78, 5) is 22.5. The zero-order valence-corrected chi connectivity index (χ0v) is 8.74. The predicted molar refractivity (Wildman–Crippen MR) is 58.8 cm³/mol. The molecule has 2 aromatic rings. The molecule has 0 aliphatic carbocycles. The largest absolute Gasteiger partial charge is 0.337 e. The lowest BCUT2D eigenvalue weighted by molar-refractivity contribution is -0.117. The van der Waals surface area contributed by atoms with Crippen LogP contribution < -0.4 is 5.43 Å². The summed E-state index contributed by atoms with van der Waals surface area (Å²) in [5.74, 6) is -0.579. The first-order valence-electron chi connectivity index (χ1n) is 4.86. The van der Waals surface area contributed by atoms with Crippen molar-refractivity contribution in [1.82, 2.24) is 4.57 Å². The van der Waals surface area contributed by atoms with Crippen molar-refractivity contribution >= 4 is 16.7 Å². The number of hydrogen-bond acceptors (Lipinski definition) is 2. The molecule has 2 rings (SSSR count). The van der Waals surface area contributed by atoms with Crippen LogP contribution in [0.3, 0.4) is 0 Å². The Morgan fingerprint density at radius 3 is 2.81 bits per heavy atom. The quantitative estimate of drug-likeness (QED) is 0.771. The van der Waals surface area contributed by atoms with Crippen LogP contribution in [0.1, 0.15) is 6.92 Å². The fourth-order valence-corrected chi connectivity index (χ4v) is 1.70. The van der Waals surface area contributed by atoms with Crippen LogP contribution in [0.25, 0.3) is 10.9 Å². The van der Waals surface area contributed by atoms with E-state index in [2.05, 4.69) is 0 Å². The van der Waals surface area contributed by atoms with Crippen molar-refractivity contribution in [3.8, 4) is 0 Å². The van der Waals surface area contributed by atoms with Gasteiger partial charge in [0.25, 0.3) is 0 Å². The molecule has 0 amide bonds. The van der Waals surface area contributed by atoms with Gasteiger partial charge in [-0.25, -0.2) is 4.39 Å². The SMILES string of the molecule is CC(=O)Cn1ccc(=O)c2cccc(F)c21. The fourth-order valence-electron chi connectivity index (χ4n) is 1.70. The summed E-state index contributed by atoms with van der Waals surface area (Å²) < 4.78 is 15.1. The minimum atomic E-state index is -0.489. The number of benzene rings is 1. The maximum Gasteiger partial charge on any atom is 0.189 e. The molecule has 16 heavy (non-hydrogen) atoms. The monoisotopic (exact) mass is 219 g/mol. The molecule has 1 aromatic heterocycles. The Balaban J connectivity index is 2.81. The number of aromatic nitrogens is 1. The highest BCUT2D eigenvalue weighted by Crippen LogP contribution is 2.14. The second kappa shape index (κ2) is 3.89. The summed E-state index contributed by atoms with van der Waals surface area (Å²) in [6.45, 7) is 1.49. The summed E-state index contributed by atoms with van der Waals surface area (Å²) in [6.07, 6.45) is 1.44. The van der Waals surface area contributed by atoms with Crippen LogP contribution in [0.4, 0.5) is 4.39 Å². The first-order chi connectivity index (χ1) is 7.59. The Labute approximate surface area is 91.1 Å². The van der Waals surface area contributed by atoms with Crippen LogP contribution in [-0.4, -0.2) is 10.4 Å². The second-order valence-electron chi connectivity index (χ2n) is 3.65. The van der Waals surface area contributed by atoms with Crippen molar-refractivity contribution in [2.45, 2.75) is 13.5 Å². The number of rotatable bonds is 2. The molecule has 0 aliphatic heterocycles. The third kappa shape index (κ3) is 1.74. The van der Waals surface area contributed by atoms with Crippen molar-refractivity contribution in [2.24, 2.45) is 0 Å². The Morgan fingerprint density at radius 2 is 2.12 bits per heavy atom. The van der Waals surface area contributed by atoms with Crippen molar-refractivity contribution in [1.29, 1.82) is 0 Å². The first kappa shape index (κ1) is 10.5. The Bertz CT molecular complexity index is 616. The highest BCUT2D eigenvalue weighted by molar-refractivity contribution is 5.82. The molecule has 4 heteroatoms. The van der Waals surface area contributed by atoms with Gasteiger partial charge in [0, 0.05) is 17.6 Å². The van der Waals surface area contributed by atoms with Crippen molar-refractivity contribution in [2.75, 3.05) is 0 Å². The van der Waals surface area contributed by atoms with Gasteiger partial charge < -0.3 is 4.57 Å². The minimum absolute atomic E-state index is 0.0672. The van der Waals surface area contributed by atoms with Crippen molar-refractivity contribution < 1.29 is 9.18 Å². The number of pyridine rings is 1.